The molecule has 3 heterocycles. The summed E-state index contributed by atoms with van der Waals surface area (Å²) in [7, 11) is 1.55. The van der Waals surface area contributed by atoms with Gasteiger partial charge in [-0.3, -0.25) is 9.59 Å². The van der Waals surface area contributed by atoms with Crippen molar-refractivity contribution in [1.82, 2.24) is 15.1 Å². The van der Waals surface area contributed by atoms with E-state index in [1.807, 2.05) is 18.2 Å². The molecule has 0 aliphatic carbocycles. The minimum atomic E-state index is -0.332. The number of hydrogen-bond acceptors (Lipinski definition) is 6. The van der Waals surface area contributed by atoms with Gasteiger partial charge in [0.25, 0.3) is 5.91 Å². The van der Waals surface area contributed by atoms with E-state index in [4.69, 9.17) is 15.2 Å². The summed E-state index contributed by atoms with van der Waals surface area (Å²) in [6.07, 6.45) is 0. The first-order valence-corrected chi connectivity index (χ1v) is 9.40. The predicted molar refractivity (Wildman–Crippen MR) is 110 cm³/mol. The van der Waals surface area contributed by atoms with Gasteiger partial charge in [-0.1, -0.05) is 0 Å². The van der Waals surface area contributed by atoms with Gasteiger partial charge in [-0.05, 0) is 30.3 Å². The van der Waals surface area contributed by atoms with E-state index >= 15 is 0 Å². The van der Waals surface area contributed by atoms with E-state index in [2.05, 4.69) is 10.4 Å². The van der Waals surface area contributed by atoms with Gasteiger partial charge >= 0.3 is 0 Å². The maximum Gasteiger partial charge on any atom is 0.271 e. The first-order chi connectivity index (χ1) is 14.5. The number of carbonyl (C=O) groups is 2. The summed E-state index contributed by atoms with van der Waals surface area (Å²) in [6.45, 7) is 1.88. The highest BCUT2D eigenvalue weighted by Gasteiger charge is 2.33. The summed E-state index contributed by atoms with van der Waals surface area (Å²) < 4.78 is 12.6. The lowest BCUT2D eigenvalue weighted by Crippen LogP contribution is -2.32. The standard InChI is InChI=1S/C21H19N5O4/c1-11(27)25-9-15-19(21(28)23-2)24-26(13-4-6-17-18(8-13)30-10-29-17)20(15)14-7-12(22)3-5-16(14)25/h3-8H,9-10,22H2,1-2H3,(H,23,28). The van der Waals surface area contributed by atoms with E-state index in [9.17, 15) is 9.59 Å². The number of hydrogen-bond donors (Lipinski definition) is 2. The summed E-state index contributed by atoms with van der Waals surface area (Å²) in [5.41, 5.74) is 10.4. The van der Waals surface area contributed by atoms with E-state index in [1.54, 1.807) is 34.8 Å². The second kappa shape index (κ2) is 6.51. The van der Waals surface area contributed by atoms with Gasteiger partial charge < -0.3 is 25.4 Å². The van der Waals surface area contributed by atoms with Gasteiger partial charge in [-0.2, -0.15) is 5.10 Å². The molecule has 0 fully saturated rings. The molecule has 2 aromatic carbocycles. The highest BCUT2D eigenvalue weighted by Crippen LogP contribution is 2.43. The maximum atomic E-state index is 12.6. The van der Waals surface area contributed by atoms with Crippen molar-refractivity contribution in [2.24, 2.45) is 0 Å². The Labute approximate surface area is 172 Å². The number of benzene rings is 2. The van der Waals surface area contributed by atoms with Gasteiger partial charge in [0.2, 0.25) is 12.7 Å². The Morgan fingerprint density at radius 2 is 1.93 bits per heavy atom. The number of amides is 2. The Morgan fingerprint density at radius 3 is 2.70 bits per heavy atom. The molecule has 0 atom stereocenters. The Bertz CT molecular complexity index is 1220. The molecular formula is C21H19N5O4. The highest BCUT2D eigenvalue weighted by molar-refractivity contribution is 6.03. The number of fused-ring (bicyclic) bond motifs is 4. The van der Waals surface area contributed by atoms with Crippen LogP contribution in [0.25, 0.3) is 16.9 Å². The first-order valence-electron chi connectivity index (χ1n) is 9.40. The van der Waals surface area contributed by atoms with Crippen molar-refractivity contribution in [2.45, 2.75) is 13.5 Å². The molecule has 1 aromatic heterocycles. The fourth-order valence-electron chi connectivity index (χ4n) is 3.88. The number of carbonyl (C=O) groups excluding carboxylic acids is 2. The second-order valence-corrected chi connectivity index (χ2v) is 7.09. The largest absolute Gasteiger partial charge is 0.454 e. The fraction of sp³-hybridized carbons (Fsp3) is 0.190. The van der Waals surface area contributed by atoms with Gasteiger partial charge in [0.05, 0.1) is 23.6 Å². The van der Waals surface area contributed by atoms with Crippen LogP contribution in [-0.2, 0) is 11.3 Å². The number of nitrogens with zero attached hydrogens (tertiary/aromatic N) is 3. The van der Waals surface area contributed by atoms with Crippen LogP contribution in [0.5, 0.6) is 11.5 Å². The lowest BCUT2D eigenvalue weighted by atomic mass is 9.96. The molecular weight excluding hydrogens is 386 g/mol. The van der Waals surface area contributed by atoms with Gasteiger partial charge in [0.15, 0.2) is 17.2 Å². The third kappa shape index (κ3) is 2.59. The minimum Gasteiger partial charge on any atom is -0.454 e. The van der Waals surface area contributed by atoms with Crippen LogP contribution in [0.1, 0.15) is 23.0 Å². The number of nitrogens with two attached hydrogens (primary N) is 1. The number of anilines is 2. The second-order valence-electron chi connectivity index (χ2n) is 7.09. The lowest BCUT2D eigenvalue weighted by Gasteiger charge is -2.29. The van der Waals surface area contributed by atoms with E-state index in [-0.39, 0.29) is 30.8 Å². The SMILES string of the molecule is CNC(=O)c1nn(-c2ccc3c(c2)OCO3)c2c1CN(C(C)=O)c1ccc(N)cc1-2. The molecule has 3 N–H and O–H groups in total. The molecule has 2 aliphatic rings. The van der Waals surface area contributed by atoms with Crippen LogP contribution in [0.15, 0.2) is 36.4 Å². The number of ether oxygens (including phenoxy) is 2. The Kier molecular flexibility index (Phi) is 3.92. The molecule has 3 aromatic rings. The minimum absolute atomic E-state index is 0.134. The number of rotatable bonds is 2. The number of nitrogen functional groups attached to an aromatic ring is 1. The van der Waals surface area contributed by atoms with Crippen molar-refractivity contribution in [2.75, 3.05) is 24.5 Å². The Balaban J connectivity index is 1.79. The van der Waals surface area contributed by atoms with Crippen LogP contribution in [0.4, 0.5) is 11.4 Å². The molecule has 2 aliphatic heterocycles. The molecule has 0 saturated heterocycles. The molecule has 0 unspecified atom stereocenters. The molecule has 9 heteroatoms. The average molecular weight is 405 g/mol. The third-order valence-electron chi connectivity index (χ3n) is 5.29. The Morgan fingerprint density at radius 1 is 1.13 bits per heavy atom. The van der Waals surface area contributed by atoms with Crippen molar-refractivity contribution in [3.63, 3.8) is 0 Å². The van der Waals surface area contributed by atoms with Crippen LogP contribution in [0, 0.1) is 0 Å². The van der Waals surface area contributed by atoms with Crippen molar-refractivity contribution < 1.29 is 19.1 Å². The van der Waals surface area contributed by atoms with Crippen molar-refractivity contribution in [3.8, 4) is 28.4 Å². The molecule has 0 radical (unpaired) electrons. The Hall–Kier alpha value is -4.01. The lowest BCUT2D eigenvalue weighted by molar-refractivity contribution is -0.116. The van der Waals surface area contributed by atoms with Crippen LogP contribution >= 0.6 is 0 Å². The van der Waals surface area contributed by atoms with E-state index in [0.717, 1.165) is 11.3 Å². The van der Waals surface area contributed by atoms with Crippen molar-refractivity contribution >= 4 is 23.2 Å². The highest BCUT2D eigenvalue weighted by atomic mass is 16.7. The smallest absolute Gasteiger partial charge is 0.271 e. The van der Waals surface area contributed by atoms with Gasteiger partial charge in [0, 0.05) is 36.9 Å². The fourth-order valence-corrected chi connectivity index (χ4v) is 3.88. The summed E-state index contributed by atoms with van der Waals surface area (Å²) in [5.74, 6) is 0.790. The van der Waals surface area contributed by atoms with Gasteiger partial charge in [-0.25, -0.2) is 4.68 Å². The first kappa shape index (κ1) is 18.0. The van der Waals surface area contributed by atoms with Crippen molar-refractivity contribution in [3.05, 3.63) is 47.7 Å². The summed E-state index contributed by atoms with van der Waals surface area (Å²) >= 11 is 0. The quantitative estimate of drug-likeness (QED) is 0.632. The zero-order chi connectivity index (χ0) is 21.0. The van der Waals surface area contributed by atoms with Crippen LogP contribution in [-0.4, -0.2) is 35.4 Å². The normalized spacial score (nSPS) is 13.6. The molecule has 5 rings (SSSR count). The third-order valence-corrected chi connectivity index (χ3v) is 5.29. The van der Waals surface area contributed by atoms with E-state index in [1.165, 1.54) is 6.92 Å². The number of nitrogens with one attached hydrogen (secondary N) is 1. The summed E-state index contributed by atoms with van der Waals surface area (Å²) in [5, 5.41) is 7.24. The molecule has 2 amide bonds. The van der Waals surface area contributed by atoms with E-state index in [0.29, 0.717) is 34.1 Å². The molecule has 0 bridgehead atoms. The molecule has 9 nitrogen and oxygen atoms in total. The molecule has 0 spiro atoms. The maximum absolute atomic E-state index is 12.6. The van der Waals surface area contributed by atoms with Gasteiger partial charge in [-0.15, -0.1) is 0 Å². The topological polar surface area (TPSA) is 112 Å². The van der Waals surface area contributed by atoms with Gasteiger partial charge in [0.1, 0.15) is 0 Å². The summed E-state index contributed by atoms with van der Waals surface area (Å²) in [6, 6.07) is 10.8. The molecule has 30 heavy (non-hydrogen) atoms. The molecule has 0 saturated carbocycles. The van der Waals surface area contributed by atoms with E-state index < -0.39 is 0 Å². The van der Waals surface area contributed by atoms with Crippen LogP contribution in [0.3, 0.4) is 0 Å². The predicted octanol–water partition coefficient (Wildman–Crippen LogP) is 2.08. The average Bonchev–Trinajstić information content (AvgIpc) is 3.36. The number of aromatic nitrogens is 2. The zero-order valence-corrected chi connectivity index (χ0v) is 16.4. The monoisotopic (exact) mass is 405 g/mol. The van der Waals surface area contributed by atoms with Crippen LogP contribution in [0.2, 0.25) is 0 Å². The summed E-state index contributed by atoms with van der Waals surface area (Å²) in [4.78, 5) is 26.6. The zero-order valence-electron chi connectivity index (χ0n) is 16.4. The van der Waals surface area contributed by atoms with Crippen LogP contribution < -0.4 is 25.4 Å². The van der Waals surface area contributed by atoms with Crippen molar-refractivity contribution in [1.29, 1.82) is 0 Å². The molecule has 152 valence electrons.